The molecule has 1 aromatic rings. The van der Waals surface area contributed by atoms with Crippen molar-refractivity contribution in [1.82, 2.24) is 5.32 Å². The van der Waals surface area contributed by atoms with Crippen molar-refractivity contribution in [2.45, 2.75) is 20.3 Å². The molecule has 1 unspecified atom stereocenters. The highest BCUT2D eigenvalue weighted by Gasteiger charge is 2.13. The summed E-state index contributed by atoms with van der Waals surface area (Å²) in [5.74, 6) is -1.46. The van der Waals surface area contributed by atoms with E-state index < -0.39 is 11.6 Å². The smallest absolute Gasteiger partial charge is 0.141 e. The lowest BCUT2D eigenvalue weighted by Gasteiger charge is -2.10. The van der Waals surface area contributed by atoms with E-state index in [1.54, 1.807) is 6.92 Å². The van der Waals surface area contributed by atoms with E-state index in [0.717, 1.165) is 12.6 Å². The van der Waals surface area contributed by atoms with Crippen molar-refractivity contribution in [3.63, 3.8) is 0 Å². The molecule has 0 saturated heterocycles. The van der Waals surface area contributed by atoms with Crippen LogP contribution in [0.2, 0.25) is 0 Å². The van der Waals surface area contributed by atoms with Gasteiger partial charge in [-0.2, -0.15) is 0 Å². The van der Waals surface area contributed by atoms with Gasteiger partial charge in [0.2, 0.25) is 0 Å². The number of carbonyl (C=O) groups is 1. The Bertz CT molecular complexity index is 373. The number of halogens is 2. The molecule has 0 aliphatic rings. The molecule has 0 saturated carbocycles. The first-order valence-electron chi connectivity index (χ1n) is 5.71. The first-order chi connectivity index (χ1) is 8.02. The monoisotopic (exact) mass is 241 g/mol. The van der Waals surface area contributed by atoms with Crippen molar-refractivity contribution in [1.29, 1.82) is 0 Å². The molecule has 0 fully saturated rings. The zero-order chi connectivity index (χ0) is 12.8. The van der Waals surface area contributed by atoms with Gasteiger partial charge in [0, 0.05) is 24.9 Å². The van der Waals surface area contributed by atoms with Gasteiger partial charge in [-0.05, 0) is 24.2 Å². The summed E-state index contributed by atoms with van der Waals surface area (Å²) >= 11 is 0. The number of benzene rings is 1. The molecular weight excluding hydrogens is 224 g/mol. The highest BCUT2D eigenvalue weighted by atomic mass is 19.1. The number of rotatable bonds is 6. The van der Waals surface area contributed by atoms with Crippen LogP contribution >= 0.6 is 0 Å². The standard InChI is InChI=1S/C13H17F2NO/c1-3-16-8-9(2)13(17)6-10-4-11(14)7-12(15)5-10/h4-5,7,9,16H,3,6,8H2,1-2H3. The van der Waals surface area contributed by atoms with E-state index in [2.05, 4.69) is 5.32 Å². The van der Waals surface area contributed by atoms with Crippen LogP contribution in [0, 0.1) is 17.6 Å². The molecule has 94 valence electrons. The van der Waals surface area contributed by atoms with Crippen LogP contribution in [-0.4, -0.2) is 18.9 Å². The van der Waals surface area contributed by atoms with Gasteiger partial charge in [-0.1, -0.05) is 13.8 Å². The van der Waals surface area contributed by atoms with E-state index in [0.29, 0.717) is 12.1 Å². The topological polar surface area (TPSA) is 29.1 Å². The van der Waals surface area contributed by atoms with Crippen molar-refractivity contribution < 1.29 is 13.6 Å². The van der Waals surface area contributed by atoms with Crippen LogP contribution in [-0.2, 0) is 11.2 Å². The van der Waals surface area contributed by atoms with Crippen LogP contribution in [0.1, 0.15) is 19.4 Å². The summed E-state index contributed by atoms with van der Waals surface area (Å²) in [4.78, 5) is 11.8. The number of hydrogen-bond donors (Lipinski definition) is 1. The first-order valence-corrected chi connectivity index (χ1v) is 5.71. The molecule has 0 radical (unpaired) electrons. The van der Waals surface area contributed by atoms with Gasteiger partial charge in [0.1, 0.15) is 17.4 Å². The van der Waals surface area contributed by atoms with Gasteiger partial charge < -0.3 is 5.32 Å². The highest BCUT2D eigenvalue weighted by molar-refractivity contribution is 5.83. The Hall–Kier alpha value is -1.29. The van der Waals surface area contributed by atoms with Crippen molar-refractivity contribution in [2.24, 2.45) is 5.92 Å². The molecule has 1 atom stereocenters. The lowest BCUT2D eigenvalue weighted by atomic mass is 9.99. The minimum atomic E-state index is -0.646. The zero-order valence-corrected chi connectivity index (χ0v) is 10.1. The first kappa shape index (κ1) is 13.8. The number of ketones is 1. The van der Waals surface area contributed by atoms with Gasteiger partial charge in [-0.15, -0.1) is 0 Å². The fraction of sp³-hybridized carbons (Fsp3) is 0.462. The van der Waals surface area contributed by atoms with Crippen LogP contribution in [0.15, 0.2) is 18.2 Å². The van der Waals surface area contributed by atoms with Crippen LogP contribution in [0.3, 0.4) is 0 Å². The van der Waals surface area contributed by atoms with E-state index in [-0.39, 0.29) is 18.1 Å². The Morgan fingerprint density at radius 2 is 1.88 bits per heavy atom. The van der Waals surface area contributed by atoms with Crippen LogP contribution in [0.4, 0.5) is 8.78 Å². The number of hydrogen-bond acceptors (Lipinski definition) is 2. The fourth-order valence-electron chi connectivity index (χ4n) is 1.56. The maximum Gasteiger partial charge on any atom is 0.141 e. The van der Waals surface area contributed by atoms with Gasteiger partial charge in [-0.3, -0.25) is 4.79 Å². The molecule has 0 spiro atoms. The molecule has 0 amide bonds. The molecule has 4 heteroatoms. The molecular formula is C13H17F2NO. The molecule has 2 nitrogen and oxygen atoms in total. The van der Waals surface area contributed by atoms with Crippen LogP contribution in [0.5, 0.6) is 0 Å². The van der Waals surface area contributed by atoms with Gasteiger partial charge >= 0.3 is 0 Å². The molecule has 1 aromatic carbocycles. The molecule has 0 aliphatic heterocycles. The van der Waals surface area contributed by atoms with E-state index in [1.165, 1.54) is 12.1 Å². The SMILES string of the molecule is CCNCC(C)C(=O)Cc1cc(F)cc(F)c1. The summed E-state index contributed by atoms with van der Waals surface area (Å²) in [5.41, 5.74) is 0.385. The average molecular weight is 241 g/mol. The zero-order valence-electron chi connectivity index (χ0n) is 10.1. The Morgan fingerprint density at radius 1 is 1.29 bits per heavy atom. The van der Waals surface area contributed by atoms with Crippen LogP contribution in [0.25, 0.3) is 0 Å². The number of nitrogens with one attached hydrogen (secondary N) is 1. The summed E-state index contributed by atoms with van der Waals surface area (Å²) in [7, 11) is 0. The van der Waals surface area contributed by atoms with Gasteiger partial charge in [-0.25, -0.2) is 8.78 Å². The minimum absolute atomic E-state index is 0.0176. The second-order valence-electron chi connectivity index (χ2n) is 4.13. The Balaban J connectivity index is 2.61. The normalized spacial score (nSPS) is 12.5. The van der Waals surface area contributed by atoms with E-state index >= 15 is 0 Å². The summed E-state index contributed by atoms with van der Waals surface area (Å²) in [6.45, 7) is 5.15. The fourth-order valence-corrected chi connectivity index (χ4v) is 1.56. The van der Waals surface area contributed by atoms with Crippen molar-refractivity contribution in [3.8, 4) is 0 Å². The van der Waals surface area contributed by atoms with Crippen molar-refractivity contribution in [2.75, 3.05) is 13.1 Å². The number of Topliss-reactive ketones (excluding diaryl/α,β-unsaturated/α-hetero) is 1. The molecule has 0 heterocycles. The summed E-state index contributed by atoms with van der Waals surface area (Å²) in [6.07, 6.45) is 0.0707. The average Bonchev–Trinajstić information content (AvgIpc) is 2.24. The predicted molar refractivity (Wildman–Crippen MR) is 62.8 cm³/mol. The number of carbonyl (C=O) groups excluding carboxylic acids is 1. The second kappa shape index (κ2) is 6.45. The van der Waals surface area contributed by atoms with Crippen LogP contribution < -0.4 is 5.32 Å². The van der Waals surface area contributed by atoms with Gasteiger partial charge in [0.15, 0.2) is 0 Å². The third-order valence-electron chi connectivity index (χ3n) is 2.55. The quantitative estimate of drug-likeness (QED) is 0.828. The highest BCUT2D eigenvalue weighted by Crippen LogP contribution is 2.11. The lowest BCUT2D eigenvalue weighted by molar-refractivity contribution is -0.121. The summed E-state index contributed by atoms with van der Waals surface area (Å²) in [5, 5.41) is 3.07. The lowest BCUT2D eigenvalue weighted by Crippen LogP contribution is -2.27. The van der Waals surface area contributed by atoms with Crippen molar-refractivity contribution >= 4 is 5.78 Å². The molecule has 1 N–H and O–H groups in total. The molecule has 0 aromatic heterocycles. The Kier molecular flexibility index (Phi) is 5.22. The Morgan fingerprint density at radius 3 is 2.41 bits per heavy atom. The summed E-state index contributed by atoms with van der Waals surface area (Å²) in [6, 6.07) is 3.19. The van der Waals surface area contributed by atoms with Crippen molar-refractivity contribution in [3.05, 3.63) is 35.4 Å². The third kappa shape index (κ3) is 4.61. The van der Waals surface area contributed by atoms with Gasteiger partial charge in [0.05, 0.1) is 0 Å². The second-order valence-corrected chi connectivity index (χ2v) is 4.13. The van der Waals surface area contributed by atoms with E-state index in [4.69, 9.17) is 0 Å². The molecule has 1 rings (SSSR count). The molecule has 17 heavy (non-hydrogen) atoms. The van der Waals surface area contributed by atoms with Gasteiger partial charge in [0.25, 0.3) is 0 Å². The third-order valence-corrected chi connectivity index (χ3v) is 2.55. The molecule has 0 bridgehead atoms. The predicted octanol–water partition coefficient (Wildman–Crippen LogP) is 2.32. The van der Waals surface area contributed by atoms with E-state index in [1.807, 2.05) is 6.92 Å². The minimum Gasteiger partial charge on any atom is -0.316 e. The Labute approximate surface area is 100 Å². The summed E-state index contributed by atoms with van der Waals surface area (Å²) < 4.78 is 25.8. The maximum atomic E-state index is 12.9. The maximum absolute atomic E-state index is 12.9. The largest absolute Gasteiger partial charge is 0.316 e. The van der Waals surface area contributed by atoms with E-state index in [9.17, 15) is 13.6 Å². The molecule has 0 aliphatic carbocycles.